The van der Waals surface area contributed by atoms with Crippen LogP contribution in [0.4, 0.5) is 4.39 Å². The van der Waals surface area contributed by atoms with Gasteiger partial charge in [-0.2, -0.15) is 4.39 Å². The maximum Gasteiger partial charge on any atom is 0.317 e. The highest BCUT2D eigenvalue weighted by molar-refractivity contribution is 5.73. The number of nitrogens with two attached hydrogens (primary N) is 1. The molecule has 0 aromatic rings. The van der Waals surface area contributed by atoms with Crippen LogP contribution in [0.3, 0.4) is 0 Å². The van der Waals surface area contributed by atoms with E-state index in [-0.39, 0.29) is 0 Å². The molecule has 0 aromatic heterocycles. The average molecular weight is 91.1 g/mol. The van der Waals surface area contributed by atoms with Crippen molar-refractivity contribution in [2.24, 2.45) is 5.73 Å². The van der Waals surface area contributed by atoms with Gasteiger partial charge in [0.1, 0.15) is 0 Å². The number of carbonyl (C=O) groups is 1. The second-order valence-corrected chi connectivity index (χ2v) is 1.09. The fraction of sp³-hybridized carbons (Fsp3) is 0.667. The summed E-state index contributed by atoms with van der Waals surface area (Å²) in [6.07, 6.45) is 0. The predicted octanol–water partition coefficient (Wildman–Crippen LogP) is -0.170. The molecule has 0 aliphatic carbocycles. The van der Waals surface area contributed by atoms with Gasteiger partial charge in [-0.1, -0.05) is 0 Å². The molecule has 2 nitrogen and oxygen atoms in total. The van der Waals surface area contributed by atoms with Crippen molar-refractivity contribution in [3.05, 3.63) is 0 Å². The number of hydrogen-bond donors (Lipinski definition) is 1. The topological polar surface area (TPSA) is 43.1 Å². The Morgan fingerprint density at radius 2 is 2.17 bits per heavy atom. The molecule has 3 heteroatoms. The van der Waals surface area contributed by atoms with Crippen LogP contribution in [0.15, 0.2) is 0 Å². The molecule has 0 aromatic carbocycles. The Labute approximate surface area is 35.1 Å². The largest absolute Gasteiger partial charge is 0.319 e. The number of halogens is 1. The second kappa shape index (κ2) is 1.87. The van der Waals surface area contributed by atoms with E-state index in [2.05, 4.69) is 0 Å². The highest BCUT2D eigenvalue weighted by Crippen LogP contribution is 1.76. The van der Waals surface area contributed by atoms with Gasteiger partial charge in [-0.05, 0) is 6.92 Å². The van der Waals surface area contributed by atoms with E-state index in [4.69, 9.17) is 5.73 Å². The van der Waals surface area contributed by atoms with Gasteiger partial charge in [0, 0.05) is 0 Å². The predicted molar refractivity (Wildman–Crippen MR) is 19.8 cm³/mol. The molecule has 0 radical (unpaired) electrons. The molecule has 36 valence electrons. The Kier molecular flexibility index (Phi) is 1.73. The first kappa shape index (κ1) is 5.56. The summed E-state index contributed by atoms with van der Waals surface area (Å²) in [5.74, 6) is 0. The van der Waals surface area contributed by atoms with E-state index in [9.17, 15) is 9.18 Å². The van der Waals surface area contributed by atoms with E-state index in [0.717, 1.165) is 0 Å². The molecule has 0 bridgehead atoms. The highest BCUT2D eigenvalue weighted by atomic mass is 19.1. The molecule has 0 unspecified atom stereocenters. The molecule has 0 saturated carbocycles. The minimum atomic E-state index is -1.46. The summed E-state index contributed by atoms with van der Waals surface area (Å²) < 4.78 is 11.1. The maximum absolute atomic E-state index is 11.1. The third kappa shape index (κ3) is 1.84. The van der Waals surface area contributed by atoms with Crippen LogP contribution in [-0.4, -0.2) is 12.1 Å². The Morgan fingerprint density at radius 3 is 2.17 bits per heavy atom. The summed E-state index contributed by atoms with van der Waals surface area (Å²) in [5.41, 5.74) is 4.71. The molecule has 0 spiro atoms. The fourth-order valence-corrected chi connectivity index (χ4v) is 0. The van der Waals surface area contributed by atoms with Crippen LogP contribution in [-0.2, 0) is 4.79 Å². The Balaban J connectivity index is 3.26. The molecule has 6 heavy (non-hydrogen) atoms. The zero-order valence-electron chi connectivity index (χ0n) is 3.44. The van der Waals surface area contributed by atoms with Crippen molar-refractivity contribution in [1.29, 1.82) is 0 Å². The molecule has 0 amide bonds. The minimum absolute atomic E-state index is 0.954. The third-order valence-corrected chi connectivity index (χ3v) is 0.358. The van der Waals surface area contributed by atoms with E-state index in [1.807, 2.05) is 0 Å². The van der Waals surface area contributed by atoms with E-state index < -0.39 is 12.1 Å². The van der Waals surface area contributed by atoms with Crippen LogP contribution in [0.25, 0.3) is 0 Å². The van der Waals surface area contributed by atoms with Crippen molar-refractivity contribution >= 4 is 6.04 Å². The molecular weight excluding hydrogens is 85.0 g/mol. The monoisotopic (exact) mass is 91.0 g/mol. The van der Waals surface area contributed by atoms with Gasteiger partial charge in [-0.25, -0.2) is 0 Å². The maximum atomic E-state index is 11.1. The highest BCUT2D eigenvalue weighted by Gasteiger charge is 2.01. The van der Waals surface area contributed by atoms with Crippen molar-refractivity contribution in [1.82, 2.24) is 0 Å². The standard InChI is InChI=1S/C3H6FNO/c1-2(5)3(4)6/h2H,5H2,1H3/t2-/m0/s1. The van der Waals surface area contributed by atoms with Crippen LogP contribution in [0.5, 0.6) is 0 Å². The zero-order valence-corrected chi connectivity index (χ0v) is 3.44. The normalized spacial score (nSPS) is 13.8. The van der Waals surface area contributed by atoms with Crippen molar-refractivity contribution in [2.75, 3.05) is 0 Å². The molecule has 1 atom stereocenters. The summed E-state index contributed by atoms with van der Waals surface area (Å²) in [4.78, 5) is 9.35. The summed E-state index contributed by atoms with van der Waals surface area (Å²) in [5, 5.41) is 0. The molecular formula is C3H6FNO. The van der Waals surface area contributed by atoms with E-state index in [0.29, 0.717) is 0 Å². The first-order valence-electron chi connectivity index (χ1n) is 1.59. The lowest BCUT2D eigenvalue weighted by Gasteiger charge is -1.87. The van der Waals surface area contributed by atoms with Crippen LogP contribution in [0, 0.1) is 0 Å². The van der Waals surface area contributed by atoms with Crippen molar-refractivity contribution < 1.29 is 9.18 Å². The first-order valence-corrected chi connectivity index (χ1v) is 1.59. The van der Waals surface area contributed by atoms with E-state index in [1.165, 1.54) is 6.92 Å². The quantitative estimate of drug-likeness (QED) is 0.455. The molecule has 0 fully saturated rings. The van der Waals surface area contributed by atoms with Gasteiger partial charge in [-0.15, -0.1) is 0 Å². The first-order chi connectivity index (χ1) is 2.64. The number of rotatable bonds is 1. The summed E-state index contributed by atoms with van der Waals surface area (Å²) in [6, 6.07) is -2.42. The van der Waals surface area contributed by atoms with Gasteiger partial charge in [-0.3, -0.25) is 4.79 Å². The molecule has 0 saturated heterocycles. The van der Waals surface area contributed by atoms with Crippen LogP contribution < -0.4 is 5.73 Å². The molecule has 0 rings (SSSR count). The lowest BCUT2D eigenvalue weighted by Crippen LogP contribution is -2.22. The van der Waals surface area contributed by atoms with E-state index >= 15 is 0 Å². The van der Waals surface area contributed by atoms with Crippen molar-refractivity contribution in [2.45, 2.75) is 13.0 Å². The number of hydrogen-bond acceptors (Lipinski definition) is 2. The Hall–Kier alpha value is -0.440. The third-order valence-electron chi connectivity index (χ3n) is 0.358. The SMILES string of the molecule is C[C@H](N)C(=O)F. The van der Waals surface area contributed by atoms with Gasteiger partial charge >= 0.3 is 6.04 Å². The van der Waals surface area contributed by atoms with Crippen LogP contribution in [0.1, 0.15) is 6.92 Å². The lowest BCUT2D eigenvalue weighted by atomic mass is 10.4. The average Bonchev–Trinajstić information content (AvgIpc) is 1.36. The Morgan fingerprint density at radius 1 is 2.00 bits per heavy atom. The van der Waals surface area contributed by atoms with Gasteiger partial charge in [0.15, 0.2) is 0 Å². The zero-order chi connectivity index (χ0) is 5.15. The summed E-state index contributed by atoms with van der Waals surface area (Å²) >= 11 is 0. The molecule has 0 aliphatic heterocycles. The van der Waals surface area contributed by atoms with Crippen molar-refractivity contribution in [3.63, 3.8) is 0 Å². The van der Waals surface area contributed by atoms with Gasteiger partial charge in [0.05, 0.1) is 6.04 Å². The van der Waals surface area contributed by atoms with Gasteiger partial charge < -0.3 is 5.73 Å². The summed E-state index contributed by atoms with van der Waals surface area (Å²) in [6.45, 7) is 1.29. The molecule has 2 N–H and O–H groups in total. The molecule has 0 heterocycles. The number of carbonyl (C=O) groups excluding carboxylic acids is 1. The summed E-state index contributed by atoms with van der Waals surface area (Å²) in [7, 11) is 0. The van der Waals surface area contributed by atoms with E-state index in [1.54, 1.807) is 0 Å². The minimum Gasteiger partial charge on any atom is -0.319 e. The second-order valence-electron chi connectivity index (χ2n) is 1.09. The lowest BCUT2D eigenvalue weighted by molar-refractivity contribution is -0.130. The van der Waals surface area contributed by atoms with Crippen molar-refractivity contribution in [3.8, 4) is 0 Å². The van der Waals surface area contributed by atoms with Gasteiger partial charge in [0.2, 0.25) is 0 Å². The Bertz CT molecular complexity index is 61.8. The van der Waals surface area contributed by atoms with Gasteiger partial charge in [0.25, 0.3) is 0 Å². The fourth-order valence-electron chi connectivity index (χ4n) is 0. The van der Waals surface area contributed by atoms with Crippen LogP contribution in [0.2, 0.25) is 0 Å². The van der Waals surface area contributed by atoms with Crippen LogP contribution >= 0.6 is 0 Å². The smallest absolute Gasteiger partial charge is 0.317 e. The molecule has 0 aliphatic rings.